The van der Waals surface area contributed by atoms with E-state index >= 15 is 0 Å². The lowest BCUT2D eigenvalue weighted by atomic mass is 10.2. The van der Waals surface area contributed by atoms with Crippen LogP contribution in [0.1, 0.15) is 24.4 Å². The minimum atomic E-state index is 0.157. The molecule has 1 atom stereocenters. The van der Waals surface area contributed by atoms with E-state index in [9.17, 15) is 0 Å². The number of imidazole rings is 1. The molecule has 2 heterocycles. The van der Waals surface area contributed by atoms with Crippen LogP contribution in [-0.4, -0.2) is 14.5 Å². The Balaban J connectivity index is 2.21. The summed E-state index contributed by atoms with van der Waals surface area (Å²) in [6, 6.07) is 6.37. The number of fused-ring (bicyclic) bond motifs is 1. The average Bonchev–Trinajstić information content (AvgIpc) is 2.99. The van der Waals surface area contributed by atoms with Crippen LogP contribution in [0.3, 0.4) is 0 Å². The van der Waals surface area contributed by atoms with Crippen LogP contribution >= 0.6 is 33.9 Å². The predicted molar refractivity (Wildman–Crippen MR) is 87.4 cm³/mol. The zero-order valence-corrected chi connectivity index (χ0v) is 13.4. The normalized spacial score (nSPS) is 12.9. The second-order valence-electron chi connectivity index (χ2n) is 4.27. The fourth-order valence-electron chi connectivity index (χ4n) is 2.28. The number of nitrogens with zero attached hydrogens (tertiary/aromatic N) is 3. The number of halogens is 1. The molecule has 6 heteroatoms. The van der Waals surface area contributed by atoms with Crippen LogP contribution in [0, 0.1) is 3.57 Å². The standard InChI is InChI=1S/C13H13IN4S/c1-2-10(12-16-5-6-19-12)18-11-4-3-8(14)7-9(11)17-13(18)15/h3-7,10H,2H2,1H3,(H2,15,17). The van der Waals surface area contributed by atoms with Crippen LogP contribution in [0.25, 0.3) is 11.0 Å². The van der Waals surface area contributed by atoms with E-state index in [1.807, 2.05) is 11.6 Å². The summed E-state index contributed by atoms with van der Waals surface area (Å²) in [5, 5.41) is 3.07. The molecule has 19 heavy (non-hydrogen) atoms. The van der Waals surface area contributed by atoms with Crippen LogP contribution < -0.4 is 5.73 Å². The van der Waals surface area contributed by atoms with Crippen molar-refractivity contribution in [2.75, 3.05) is 5.73 Å². The average molecular weight is 384 g/mol. The number of anilines is 1. The molecule has 1 aromatic carbocycles. The van der Waals surface area contributed by atoms with Crippen molar-refractivity contribution >= 4 is 50.9 Å². The van der Waals surface area contributed by atoms with E-state index in [2.05, 4.69) is 62.2 Å². The first-order chi connectivity index (χ1) is 9.20. The number of hydrogen-bond acceptors (Lipinski definition) is 4. The molecule has 2 aromatic heterocycles. The number of benzene rings is 1. The third-order valence-electron chi connectivity index (χ3n) is 3.11. The molecule has 0 aliphatic rings. The summed E-state index contributed by atoms with van der Waals surface area (Å²) in [4.78, 5) is 8.89. The van der Waals surface area contributed by atoms with E-state index < -0.39 is 0 Å². The molecule has 98 valence electrons. The minimum Gasteiger partial charge on any atom is -0.369 e. The molecule has 0 saturated heterocycles. The van der Waals surface area contributed by atoms with Gasteiger partial charge in [-0.05, 0) is 47.2 Å². The van der Waals surface area contributed by atoms with Crippen molar-refractivity contribution < 1.29 is 0 Å². The molecular formula is C13H13IN4S. The molecule has 4 nitrogen and oxygen atoms in total. The number of rotatable bonds is 3. The topological polar surface area (TPSA) is 56.7 Å². The number of aromatic nitrogens is 3. The Hall–Kier alpha value is -1.15. The highest BCUT2D eigenvalue weighted by Crippen LogP contribution is 2.31. The highest BCUT2D eigenvalue weighted by molar-refractivity contribution is 14.1. The highest BCUT2D eigenvalue weighted by atomic mass is 127. The molecule has 2 N–H and O–H groups in total. The molecular weight excluding hydrogens is 371 g/mol. The first kappa shape index (κ1) is 12.9. The Labute approximate surface area is 128 Å². The van der Waals surface area contributed by atoms with Crippen LogP contribution in [-0.2, 0) is 0 Å². The molecule has 0 spiro atoms. The van der Waals surface area contributed by atoms with Gasteiger partial charge in [0, 0.05) is 15.1 Å². The molecule has 0 radical (unpaired) electrons. The van der Waals surface area contributed by atoms with Gasteiger partial charge < -0.3 is 10.3 Å². The van der Waals surface area contributed by atoms with E-state index in [4.69, 9.17) is 5.73 Å². The summed E-state index contributed by atoms with van der Waals surface area (Å²) in [5.41, 5.74) is 8.13. The lowest BCUT2D eigenvalue weighted by Gasteiger charge is -2.16. The molecule has 1 unspecified atom stereocenters. The van der Waals surface area contributed by atoms with Gasteiger partial charge in [0.15, 0.2) is 0 Å². The summed E-state index contributed by atoms with van der Waals surface area (Å²) in [5.74, 6) is 0.555. The Morgan fingerprint density at radius 2 is 2.32 bits per heavy atom. The molecule has 3 rings (SSSR count). The highest BCUT2D eigenvalue weighted by Gasteiger charge is 2.20. The smallest absolute Gasteiger partial charge is 0.201 e. The quantitative estimate of drug-likeness (QED) is 0.701. The summed E-state index contributed by atoms with van der Waals surface area (Å²) in [7, 11) is 0. The number of nitrogens with two attached hydrogens (primary N) is 1. The largest absolute Gasteiger partial charge is 0.369 e. The third kappa shape index (κ3) is 2.23. The Morgan fingerprint density at radius 3 is 3.00 bits per heavy atom. The molecule has 0 aliphatic carbocycles. The summed E-state index contributed by atoms with van der Waals surface area (Å²) >= 11 is 3.94. The lowest BCUT2D eigenvalue weighted by molar-refractivity contribution is 0.585. The second-order valence-corrected chi connectivity index (χ2v) is 6.44. The van der Waals surface area contributed by atoms with Gasteiger partial charge in [0.25, 0.3) is 0 Å². The van der Waals surface area contributed by atoms with Gasteiger partial charge in [-0.15, -0.1) is 11.3 Å². The number of nitrogen functional groups attached to an aromatic ring is 1. The van der Waals surface area contributed by atoms with Crippen LogP contribution in [0.4, 0.5) is 5.95 Å². The van der Waals surface area contributed by atoms with E-state index in [0.29, 0.717) is 5.95 Å². The summed E-state index contributed by atoms with van der Waals surface area (Å²) < 4.78 is 3.25. The van der Waals surface area contributed by atoms with E-state index in [1.165, 1.54) is 0 Å². The van der Waals surface area contributed by atoms with Crippen molar-refractivity contribution in [2.24, 2.45) is 0 Å². The third-order valence-corrected chi connectivity index (χ3v) is 4.66. The van der Waals surface area contributed by atoms with Crippen molar-refractivity contribution in [3.63, 3.8) is 0 Å². The second kappa shape index (κ2) is 5.09. The zero-order chi connectivity index (χ0) is 13.4. The SMILES string of the molecule is CCC(c1nccs1)n1c(N)nc2cc(I)ccc21. The molecule has 3 aromatic rings. The summed E-state index contributed by atoms with van der Waals surface area (Å²) in [6.07, 6.45) is 2.77. The number of hydrogen-bond donors (Lipinski definition) is 1. The van der Waals surface area contributed by atoms with Crippen molar-refractivity contribution in [1.29, 1.82) is 0 Å². The summed E-state index contributed by atoms with van der Waals surface area (Å²) in [6.45, 7) is 2.14. The molecule has 0 fully saturated rings. The first-order valence-corrected chi connectivity index (χ1v) is 7.99. The Kier molecular flexibility index (Phi) is 3.44. The van der Waals surface area contributed by atoms with Gasteiger partial charge in [0.2, 0.25) is 5.95 Å². The fraction of sp³-hybridized carbons (Fsp3) is 0.231. The van der Waals surface area contributed by atoms with Crippen LogP contribution in [0.2, 0.25) is 0 Å². The van der Waals surface area contributed by atoms with Gasteiger partial charge in [-0.1, -0.05) is 6.92 Å². The monoisotopic (exact) mass is 384 g/mol. The molecule has 0 bridgehead atoms. The van der Waals surface area contributed by atoms with Crippen molar-refractivity contribution in [1.82, 2.24) is 14.5 Å². The Bertz CT molecular complexity index is 705. The van der Waals surface area contributed by atoms with Crippen molar-refractivity contribution in [3.8, 4) is 0 Å². The van der Waals surface area contributed by atoms with Crippen LogP contribution in [0.15, 0.2) is 29.8 Å². The van der Waals surface area contributed by atoms with Gasteiger partial charge in [-0.2, -0.15) is 0 Å². The predicted octanol–water partition coefficient (Wildman–Crippen LogP) is 3.68. The minimum absolute atomic E-state index is 0.157. The molecule has 0 saturated carbocycles. The molecule has 0 aliphatic heterocycles. The van der Waals surface area contributed by atoms with Gasteiger partial charge in [-0.3, -0.25) is 0 Å². The van der Waals surface area contributed by atoms with E-state index in [-0.39, 0.29) is 6.04 Å². The zero-order valence-electron chi connectivity index (χ0n) is 10.4. The maximum absolute atomic E-state index is 6.11. The number of thiazole rings is 1. The fourth-order valence-corrected chi connectivity index (χ4v) is 3.57. The van der Waals surface area contributed by atoms with Gasteiger partial charge in [0.1, 0.15) is 5.01 Å². The van der Waals surface area contributed by atoms with Gasteiger partial charge in [-0.25, -0.2) is 9.97 Å². The van der Waals surface area contributed by atoms with Gasteiger partial charge in [0.05, 0.1) is 17.1 Å². The lowest BCUT2D eigenvalue weighted by Crippen LogP contribution is -2.12. The van der Waals surface area contributed by atoms with Crippen molar-refractivity contribution in [2.45, 2.75) is 19.4 Å². The van der Waals surface area contributed by atoms with Crippen molar-refractivity contribution in [3.05, 3.63) is 38.4 Å². The van der Waals surface area contributed by atoms with E-state index in [1.54, 1.807) is 11.3 Å². The van der Waals surface area contributed by atoms with Crippen LogP contribution in [0.5, 0.6) is 0 Å². The van der Waals surface area contributed by atoms with E-state index in [0.717, 1.165) is 26.0 Å². The first-order valence-electron chi connectivity index (χ1n) is 6.03. The maximum Gasteiger partial charge on any atom is 0.201 e. The Morgan fingerprint density at radius 1 is 1.47 bits per heavy atom. The maximum atomic E-state index is 6.11. The molecule has 0 amide bonds. The van der Waals surface area contributed by atoms with Gasteiger partial charge >= 0.3 is 0 Å².